The van der Waals surface area contributed by atoms with Crippen molar-refractivity contribution in [3.05, 3.63) is 106 Å². The molecule has 0 radical (unpaired) electrons. The number of hydrogen-bond acceptors (Lipinski definition) is 12. The van der Waals surface area contributed by atoms with Crippen LogP contribution in [0.15, 0.2) is 95.2 Å². The van der Waals surface area contributed by atoms with Crippen molar-refractivity contribution in [3.8, 4) is 0 Å². The van der Waals surface area contributed by atoms with Gasteiger partial charge < -0.3 is 56.1 Å². The summed E-state index contributed by atoms with van der Waals surface area (Å²) in [6, 6.07) is 9.12. The fourth-order valence-electron chi connectivity index (χ4n) is 14.5. The van der Waals surface area contributed by atoms with Gasteiger partial charge in [0.1, 0.15) is 12.4 Å². The summed E-state index contributed by atoms with van der Waals surface area (Å²) in [7, 11) is 5.74. The predicted octanol–water partition coefficient (Wildman–Crippen LogP) is 6.35. The van der Waals surface area contributed by atoms with Crippen molar-refractivity contribution in [1.82, 2.24) is 16.0 Å². The molecule has 3 saturated carbocycles. The van der Waals surface area contributed by atoms with Gasteiger partial charge in [-0.15, -0.1) is 0 Å². The minimum absolute atomic E-state index is 0.0601. The summed E-state index contributed by atoms with van der Waals surface area (Å²) in [5.41, 5.74) is 4.79. The topological polar surface area (TPSA) is 193 Å². The first-order valence-electron chi connectivity index (χ1n) is 27.4. The number of ether oxygens (including phenoxy) is 2. The highest BCUT2D eigenvalue weighted by molar-refractivity contribution is 5.74. The summed E-state index contributed by atoms with van der Waals surface area (Å²) >= 11 is 0. The van der Waals surface area contributed by atoms with E-state index in [-0.39, 0.29) is 55.6 Å². The van der Waals surface area contributed by atoms with E-state index in [1.54, 1.807) is 0 Å². The van der Waals surface area contributed by atoms with Crippen LogP contribution in [-0.2, 0) is 27.1 Å². The van der Waals surface area contributed by atoms with Crippen molar-refractivity contribution in [3.63, 3.8) is 0 Å². The molecule has 0 saturated heterocycles. The smallest absolute Gasteiger partial charge is 0.145 e. The maximum atomic E-state index is 13.1. The van der Waals surface area contributed by atoms with Crippen LogP contribution in [0.25, 0.3) is 0 Å². The molecule has 4 bridgehead atoms. The molecule has 12 nitrogen and oxygen atoms in total. The Labute approximate surface area is 432 Å². The molecule has 9 N–H and O–H groups in total. The summed E-state index contributed by atoms with van der Waals surface area (Å²) in [5, 5.41) is 76.9. The van der Waals surface area contributed by atoms with Gasteiger partial charge in [-0.3, -0.25) is 4.79 Å². The summed E-state index contributed by atoms with van der Waals surface area (Å²) < 4.78 is 11.9. The molecule has 3 fully saturated rings. The van der Waals surface area contributed by atoms with Crippen molar-refractivity contribution in [2.24, 2.45) is 52.8 Å². The van der Waals surface area contributed by atoms with Crippen LogP contribution in [0, 0.1) is 52.8 Å². The Bertz CT molecular complexity index is 2070. The van der Waals surface area contributed by atoms with E-state index in [2.05, 4.69) is 85.1 Å². The van der Waals surface area contributed by atoms with E-state index < -0.39 is 35.7 Å². The van der Waals surface area contributed by atoms with Gasteiger partial charge in [0.15, 0.2) is 0 Å². The van der Waals surface area contributed by atoms with Crippen molar-refractivity contribution in [1.29, 1.82) is 0 Å². The van der Waals surface area contributed by atoms with Gasteiger partial charge in [-0.25, -0.2) is 0 Å². The number of aldehydes is 1. The molecule has 0 aromatic heterocycles. The average Bonchev–Trinajstić information content (AvgIpc) is 3.73. The first-order valence-corrected chi connectivity index (χ1v) is 27.4. The maximum absolute atomic E-state index is 13.1. The van der Waals surface area contributed by atoms with Gasteiger partial charge in [0.25, 0.3) is 0 Å². The third-order valence-electron chi connectivity index (χ3n) is 18.1. The molecular weight excluding hydrogens is 907 g/mol. The van der Waals surface area contributed by atoms with E-state index in [1.165, 1.54) is 23.1 Å². The zero-order valence-electron chi connectivity index (χ0n) is 44.5. The standard InChI is InChI=1S/C60H93N3O9/c1-41-15-17-48(32-45-11-8-12-46(30-45)33-58(63-35-41,25-29-71-6)54-20-16-44(13-9-27-64)31-51(54)36-62-5)42(2)10-7-14-50(39-72-40-52(68)38-67)53-21-23-60(57(53)69)56-47(22-28-65)18-19-49(55(56)43(3)37-66)34-59(60,70)24-26-61-4/h7-8,10-12,14-15,18-19,30,37,44,47-49,51-54,56-57,61-65,67-70H,2,9,13,16-17,20-29,31-36,38-40H2,1,3-6H3. The van der Waals surface area contributed by atoms with Crippen LogP contribution in [0.5, 0.6) is 0 Å². The molecule has 1 aliphatic heterocycles. The van der Waals surface area contributed by atoms with E-state index in [0.717, 1.165) is 87.5 Å². The number of nitrogens with one attached hydrogen (secondary N) is 3. The highest BCUT2D eigenvalue weighted by atomic mass is 16.5. The van der Waals surface area contributed by atoms with E-state index >= 15 is 0 Å². The van der Waals surface area contributed by atoms with Crippen LogP contribution >= 0.6 is 0 Å². The molecule has 13 atom stereocenters. The van der Waals surface area contributed by atoms with Crippen LogP contribution in [0.4, 0.5) is 0 Å². The summed E-state index contributed by atoms with van der Waals surface area (Å²) in [6.45, 7) is 11.5. The van der Waals surface area contributed by atoms with Crippen LogP contribution in [0.3, 0.4) is 0 Å². The molecule has 1 heterocycles. The van der Waals surface area contributed by atoms with Gasteiger partial charge in [0, 0.05) is 56.3 Å². The first kappa shape index (κ1) is 58.2. The Morgan fingerprint density at radius 1 is 1.06 bits per heavy atom. The molecule has 0 amide bonds. The number of carbonyl (C=O) groups is 1. The minimum atomic E-state index is -1.28. The molecule has 6 rings (SSSR count). The highest BCUT2D eigenvalue weighted by Gasteiger charge is 2.68. The number of aliphatic hydroxyl groups is 6. The first-order chi connectivity index (χ1) is 34.8. The Kier molecular flexibility index (Phi) is 22.3. The SMILES string of the molecule is C=C(C=CC=C(COCC(O)CO)C1CCC2(C1O)C1C(=C(C)C=O)C(C=CC1CCO)CC2(O)CCNC)C1CC=C(C)CNC(CCOC)(C2CCC(CCCO)CC2CNC)Cc2cccc(c2)C1. The minimum Gasteiger partial charge on any atom is -0.396 e. The number of carbonyl (C=O) groups excluding carboxylic acids is 1. The monoisotopic (exact) mass is 1000 g/mol. The molecule has 12 heteroatoms. The van der Waals surface area contributed by atoms with E-state index in [1.807, 2.05) is 33.2 Å². The number of hydrogen-bond donors (Lipinski definition) is 9. The predicted molar refractivity (Wildman–Crippen MR) is 287 cm³/mol. The lowest BCUT2D eigenvalue weighted by atomic mass is 9.45. The Morgan fingerprint density at radius 3 is 2.58 bits per heavy atom. The van der Waals surface area contributed by atoms with Gasteiger partial charge in [0.2, 0.25) is 0 Å². The van der Waals surface area contributed by atoms with Crippen LogP contribution in [0.2, 0.25) is 0 Å². The largest absolute Gasteiger partial charge is 0.396 e. The van der Waals surface area contributed by atoms with Gasteiger partial charge in [-0.1, -0.05) is 90.4 Å². The summed E-state index contributed by atoms with van der Waals surface area (Å²) in [6.07, 6.45) is 22.7. The van der Waals surface area contributed by atoms with Crippen molar-refractivity contribution >= 4 is 6.29 Å². The van der Waals surface area contributed by atoms with Crippen molar-refractivity contribution in [2.45, 2.75) is 127 Å². The molecule has 72 heavy (non-hydrogen) atoms. The summed E-state index contributed by atoms with van der Waals surface area (Å²) in [4.78, 5) is 12.5. The van der Waals surface area contributed by atoms with Crippen LogP contribution in [-0.4, -0.2) is 141 Å². The molecule has 5 aliphatic rings. The number of methoxy groups -OCH3 is 1. The van der Waals surface area contributed by atoms with E-state index in [4.69, 9.17) is 9.47 Å². The number of rotatable bonds is 24. The average molecular weight is 1000 g/mol. The lowest BCUT2D eigenvalue weighted by Gasteiger charge is -2.61. The Balaban J connectivity index is 1.30. The second kappa shape index (κ2) is 27.6. The van der Waals surface area contributed by atoms with Crippen LogP contribution < -0.4 is 16.0 Å². The lowest BCUT2D eigenvalue weighted by Crippen LogP contribution is -2.65. The van der Waals surface area contributed by atoms with Gasteiger partial charge >= 0.3 is 0 Å². The van der Waals surface area contributed by atoms with Crippen molar-refractivity contribution in [2.75, 3.05) is 80.5 Å². The second-order valence-electron chi connectivity index (χ2n) is 22.6. The quantitative estimate of drug-likeness (QED) is 0.0242. The highest BCUT2D eigenvalue weighted by Crippen LogP contribution is 2.67. The van der Waals surface area contributed by atoms with E-state index in [0.29, 0.717) is 68.6 Å². The zero-order chi connectivity index (χ0) is 51.9. The van der Waals surface area contributed by atoms with Crippen molar-refractivity contribution < 1.29 is 44.9 Å². The fourth-order valence-corrected chi connectivity index (χ4v) is 14.5. The normalized spacial score (nSPS) is 34.4. The number of benzene rings is 1. The number of aliphatic hydroxyl groups excluding tert-OH is 5. The van der Waals surface area contributed by atoms with Crippen LogP contribution in [0.1, 0.15) is 102 Å². The molecule has 1 spiro atoms. The zero-order valence-corrected chi connectivity index (χ0v) is 44.5. The third kappa shape index (κ3) is 13.5. The molecule has 402 valence electrons. The molecule has 4 aliphatic carbocycles. The molecule has 13 unspecified atom stereocenters. The summed E-state index contributed by atoms with van der Waals surface area (Å²) in [5.74, 6) is 0.588. The van der Waals surface area contributed by atoms with Gasteiger partial charge in [0.05, 0.1) is 31.5 Å². The maximum Gasteiger partial charge on any atom is 0.145 e. The lowest BCUT2D eigenvalue weighted by molar-refractivity contribution is -0.194. The molecule has 1 aromatic carbocycles. The number of fused-ring (bicyclic) bond motifs is 5. The Hall–Kier alpha value is -3.11. The fraction of sp³-hybridized carbons (Fsp3) is 0.683. The second-order valence-corrected chi connectivity index (χ2v) is 22.6. The van der Waals surface area contributed by atoms with Gasteiger partial charge in [-0.05, 0) is 182 Å². The van der Waals surface area contributed by atoms with E-state index in [9.17, 15) is 35.4 Å². The van der Waals surface area contributed by atoms with Gasteiger partial charge in [-0.2, -0.15) is 0 Å². The molecule has 1 aromatic rings. The third-order valence-corrected chi connectivity index (χ3v) is 18.1. The molecular formula is C60H93N3O9. The number of allylic oxidation sites excluding steroid dienone is 9. The Morgan fingerprint density at radius 2 is 1.86 bits per heavy atom.